The van der Waals surface area contributed by atoms with E-state index >= 15 is 0 Å². The van der Waals surface area contributed by atoms with Crippen molar-refractivity contribution in [1.82, 2.24) is 5.16 Å². The Morgan fingerprint density at radius 2 is 1.66 bits per heavy atom. The number of ketones is 1. The van der Waals surface area contributed by atoms with E-state index < -0.39 is 23.7 Å². The maximum Gasteiger partial charge on any atom is 0.337 e. The fraction of sp³-hybridized carbons (Fsp3) is 0.167. The fourth-order valence-corrected chi connectivity index (χ4v) is 3.64. The highest BCUT2D eigenvalue weighted by molar-refractivity contribution is 6.51. The van der Waals surface area contributed by atoms with Gasteiger partial charge >= 0.3 is 11.9 Å². The highest BCUT2D eigenvalue weighted by Crippen LogP contribution is 2.41. The highest BCUT2D eigenvalue weighted by Gasteiger charge is 2.48. The largest absolute Gasteiger partial charge is 0.507 e. The Hall–Kier alpha value is -4.20. The van der Waals surface area contributed by atoms with E-state index in [1.54, 1.807) is 43.3 Å². The summed E-state index contributed by atoms with van der Waals surface area (Å²) in [6.45, 7) is 3.57. The van der Waals surface area contributed by atoms with Crippen molar-refractivity contribution in [2.45, 2.75) is 19.9 Å². The molecule has 32 heavy (non-hydrogen) atoms. The van der Waals surface area contributed by atoms with Crippen molar-refractivity contribution >= 4 is 29.2 Å². The first kappa shape index (κ1) is 21.0. The number of Topliss-reactive ketones (excluding diaryl/α,β-unsaturated/α-hetero) is 1. The number of hydrogen-bond acceptors (Lipinski definition) is 7. The van der Waals surface area contributed by atoms with Crippen LogP contribution in [0.15, 0.2) is 64.7 Å². The average molecular weight is 432 g/mol. The fourth-order valence-electron chi connectivity index (χ4n) is 3.64. The van der Waals surface area contributed by atoms with E-state index in [1.807, 2.05) is 6.92 Å². The molecular formula is C24H20N2O6. The van der Waals surface area contributed by atoms with E-state index in [0.717, 1.165) is 5.56 Å². The SMILES string of the molecule is COC(=O)c1ccc([C@H]2C(=C(O)c3ccc(C)cc3)C(=O)C(=O)N2c2cc(C)on2)cc1. The predicted molar refractivity (Wildman–Crippen MR) is 115 cm³/mol. The standard InChI is InChI=1S/C24H20N2O6/c1-13-4-6-16(7-5-13)21(27)19-20(15-8-10-17(11-9-15)24(30)31-3)26(23(29)22(19)28)18-12-14(2)32-25-18/h4-12,20,27H,1-3H3/t20-/m0/s1. The Kier molecular flexibility index (Phi) is 5.36. The van der Waals surface area contributed by atoms with Gasteiger partial charge in [0.15, 0.2) is 5.82 Å². The smallest absolute Gasteiger partial charge is 0.337 e. The minimum Gasteiger partial charge on any atom is -0.507 e. The summed E-state index contributed by atoms with van der Waals surface area (Å²) in [7, 11) is 1.28. The summed E-state index contributed by atoms with van der Waals surface area (Å²) in [5.41, 5.74) is 2.12. The molecule has 1 aliphatic rings. The molecule has 4 rings (SSSR count). The number of anilines is 1. The van der Waals surface area contributed by atoms with Crippen LogP contribution in [0.3, 0.4) is 0 Å². The minimum absolute atomic E-state index is 0.0784. The van der Waals surface area contributed by atoms with E-state index in [-0.39, 0.29) is 17.2 Å². The number of rotatable bonds is 4. The molecule has 2 aromatic carbocycles. The van der Waals surface area contributed by atoms with E-state index in [1.165, 1.54) is 30.2 Å². The molecular weight excluding hydrogens is 412 g/mol. The van der Waals surface area contributed by atoms with Crippen LogP contribution in [0.5, 0.6) is 0 Å². The second kappa shape index (κ2) is 8.14. The molecule has 1 saturated heterocycles. The number of aliphatic hydroxyl groups is 1. The zero-order valence-corrected chi connectivity index (χ0v) is 17.7. The molecule has 0 bridgehead atoms. The Labute approximate surface area is 183 Å². The van der Waals surface area contributed by atoms with E-state index in [0.29, 0.717) is 22.5 Å². The molecule has 0 spiro atoms. The molecule has 1 fully saturated rings. The van der Waals surface area contributed by atoms with Crippen molar-refractivity contribution in [3.63, 3.8) is 0 Å². The molecule has 1 amide bonds. The van der Waals surface area contributed by atoms with Crippen molar-refractivity contribution in [3.8, 4) is 0 Å². The van der Waals surface area contributed by atoms with Gasteiger partial charge in [-0.05, 0) is 31.5 Å². The molecule has 1 N–H and O–H groups in total. The second-order valence-electron chi connectivity index (χ2n) is 7.44. The summed E-state index contributed by atoms with van der Waals surface area (Å²) in [5.74, 6) is -1.89. The number of aliphatic hydroxyl groups excluding tert-OH is 1. The summed E-state index contributed by atoms with van der Waals surface area (Å²) in [5, 5.41) is 14.9. The Morgan fingerprint density at radius 3 is 2.22 bits per heavy atom. The normalized spacial score (nSPS) is 17.6. The van der Waals surface area contributed by atoms with Crippen LogP contribution in [0.2, 0.25) is 0 Å². The Balaban J connectivity index is 1.90. The number of carbonyl (C=O) groups is 3. The monoisotopic (exact) mass is 432 g/mol. The van der Waals surface area contributed by atoms with Gasteiger partial charge in [-0.3, -0.25) is 14.5 Å². The first-order chi connectivity index (χ1) is 15.3. The van der Waals surface area contributed by atoms with Gasteiger partial charge in [-0.15, -0.1) is 0 Å². The number of hydrogen-bond donors (Lipinski definition) is 1. The van der Waals surface area contributed by atoms with E-state index in [4.69, 9.17) is 9.26 Å². The van der Waals surface area contributed by atoms with Gasteiger partial charge in [-0.1, -0.05) is 47.1 Å². The lowest BCUT2D eigenvalue weighted by molar-refractivity contribution is -0.132. The molecule has 162 valence electrons. The second-order valence-corrected chi connectivity index (χ2v) is 7.44. The number of esters is 1. The van der Waals surface area contributed by atoms with Gasteiger partial charge in [0.05, 0.1) is 24.3 Å². The third-order valence-electron chi connectivity index (χ3n) is 5.28. The van der Waals surface area contributed by atoms with Gasteiger partial charge in [-0.25, -0.2) is 4.79 Å². The van der Waals surface area contributed by atoms with Crippen LogP contribution in [0, 0.1) is 13.8 Å². The number of amides is 1. The quantitative estimate of drug-likeness (QED) is 0.290. The van der Waals surface area contributed by atoms with Crippen LogP contribution in [-0.2, 0) is 14.3 Å². The first-order valence-electron chi connectivity index (χ1n) is 9.81. The molecule has 8 heteroatoms. The Bertz CT molecular complexity index is 1240. The lowest BCUT2D eigenvalue weighted by Crippen LogP contribution is -2.29. The lowest BCUT2D eigenvalue weighted by Gasteiger charge is -2.23. The molecule has 0 aliphatic carbocycles. The maximum absolute atomic E-state index is 13.0. The highest BCUT2D eigenvalue weighted by atomic mass is 16.5. The Morgan fingerprint density at radius 1 is 1.03 bits per heavy atom. The van der Waals surface area contributed by atoms with Crippen molar-refractivity contribution in [3.05, 3.63) is 88.2 Å². The van der Waals surface area contributed by atoms with Gasteiger partial charge < -0.3 is 14.4 Å². The van der Waals surface area contributed by atoms with Crippen LogP contribution in [-0.4, -0.2) is 35.0 Å². The summed E-state index contributed by atoms with van der Waals surface area (Å²) in [6, 6.07) is 13.8. The predicted octanol–water partition coefficient (Wildman–Crippen LogP) is 3.70. The summed E-state index contributed by atoms with van der Waals surface area (Å²) in [4.78, 5) is 39.0. The number of ether oxygens (including phenoxy) is 1. The molecule has 0 radical (unpaired) electrons. The first-order valence-corrected chi connectivity index (χ1v) is 9.81. The molecule has 8 nitrogen and oxygen atoms in total. The third-order valence-corrected chi connectivity index (χ3v) is 5.28. The number of aryl methyl sites for hydroxylation is 2. The number of benzene rings is 2. The minimum atomic E-state index is -0.965. The van der Waals surface area contributed by atoms with Crippen molar-refractivity contribution in [1.29, 1.82) is 0 Å². The topological polar surface area (TPSA) is 110 Å². The molecule has 1 aliphatic heterocycles. The van der Waals surface area contributed by atoms with Crippen LogP contribution < -0.4 is 4.90 Å². The number of methoxy groups -OCH3 is 1. The molecule has 2 heterocycles. The number of nitrogens with zero attached hydrogens (tertiary/aromatic N) is 2. The van der Waals surface area contributed by atoms with Crippen molar-refractivity contribution in [2.24, 2.45) is 0 Å². The lowest BCUT2D eigenvalue weighted by atomic mass is 9.94. The van der Waals surface area contributed by atoms with Gasteiger partial charge in [-0.2, -0.15) is 0 Å². The number of carbonyl (C=O) groups excluding carboxylic acids is 3. The third kappa shape index (κ3) is 3.56. The van der Waals surface area contributed by atoms with Gasteiger partial charge in [0.25, 0.3) is 5.78 Å². The molecule has 3 aromatic rings. The van der Waals surface area contributed by atoms with Crippen LogP contribution in [0.1, 0.15) is 38.9 Å². The number of aromatic nitrogens is 1. The maximum atomic E-state index is 13.0. The summed E-state index contributed by atoms with van der Waals surface area (Å²) < 4.78 is 9.83. The van der Waals surface area contributed by atoms with Crippen LogP contribution in [0.25, 0.3) is 5.76 Å². The van der Waals surface area contributed by atoms with Crippen LogP contribution in [0.4, 0.5) is 5.82 Å². The summed E-state index contributed by atoms with van der Waals surface area (Å²) in [6.07, 6.45) is 0. The average Bonchev–Trinajstić information content (AvgIpc) is 3.34. The molecule has 0 unspecified atom stereocenters. The van der Waals surface area contributed by atoms with Gasteiger partial charge in [0, 0.05) is 11.6 Å². The zero-order chi connectivity index (χ0) is 23.0. The van der Waals surface area contributed by atoms with Crippen LogP contribution >= 0.6 is 0 Å². The van der Waals surface area contributed by atoms with Crippen molar-refractivity contribution < 1.29 is 28.8 Å². The van der Waals surface area contributed by atoms with Gasteiger partial charge in [0.2, 0.25) is 0 Å². The molecule has 1 atom stereocenters. The van der Waals surface area contributed by atoms with Gasteiger partial charge in [0.1, 0.15) is 11.5 Å². The zero-order valence-electron chi connectivity index (χ0n) is 17.7. The van der Waals surface area contributed by atoms with E-state index in [9.17, 15) is 19.5 Å². The van der Waals surface area contributed by atoms with E-state index in [2.05, 4.69) is 5.16 Å². The molecule has 1 aromatic heterocycles. The molecule has 0 saturated carbocycles. The summed E-state index contributed by atoms with van der Waals surface area (Å²) >= 11 is 0. The van der Waals surface area contributed by atoms with Crippen molar-refractivity contribution in [2.75, 3.05) is 12.0 Å².